The van der Waals surface area contributed by atoms with Crippen LogP contribution in [0.15, 0.2) is 41.8 Å². The van der Waals surface area contributed by atoms with Gasteiger partial charge in [0.25, 0.3) is 5.91 Å². The van der Waals surface area contributed by atoms with Crippen LogP contribution < -0.4 is 16.0 Å². The van der Waals surface area contributed by atoms with Crippen molar-refractivity contribution < 1.29 is 14.9 Å². The Bertz CT molecular complexity index is 712. The maximum absolute atomic E-state index is 12.1. The van der Waals surface area contributed by atoms with Crippen LogP contribution >= 0.6 is 11.3 Å². The van der Waals surface area contributed by atoms with Crippen LogP contribution in [-0.2, 0) is 16.0 Å². The van der Waals surface area contributed by atoms with Crippen molar-refractivity contribution in [2.45, 2.75) is 33.2 Å². The molecule has 2 aromatic rings. The molecule has 0 saturated heterocycles. The Morgan fingerprint density at radius 2 is 1.81 bits per heavy atom. The third-order valence-electron chi connectivity index (χ3n) is 4.19. The molecule has 6 heteroatoms. The SMILES string of the molecule is CCNC(=O)CNC(=O)C[NH2+][C@@H](c1ccc(CC(C)C)cc1)c1cccs1. The van der Waals surface area contributed by atoms with E-state index in [0.29, 0.717) is 12.5 Å². The molecule has 27 heavy (non-hydrogen) atoms. The number of quaternary nitrogens is 1. The van der Waals surface area contributed by atoms with E-state index in [-0.39, 0.29) is 30.9 Å². The molecule has 0 saturated carbocycles. The lowest BCUT2D eigenvalue weighted by Crippen LogP contribution is -2.87. The molecule has 0 aliphatic carbocycles. The van der Waals surface area contributed by atoms with Crippen LogP contribution in [0.2, 0.25) is 0 Å². The number of amides is 2. The molecule has 4 N–H and O–H groups in total. The van der Waals surface area contributed by atoms with Gasteiger partial charge >= 0.3 is 0 Å². The fourth-order valence-corrected chi connectivity index (χ4v) is 3.80. The zero-order chi connectivity index (χ0) is 19.6. The molecule has 0 unspecified atom stereocenters. The lowest BCUT2D eigenvalue weighted by atomic mass is 9.99. The van der Waals surface area contributed by atoms with Gasteiger partial charge in [0.2, 0.25) is 5.91 Å². The van der Waals surface area contributed by atoms with Crippen molar-refractivity contribution in [3.63, 3.8) is 0 Å². The molecule has 1 atom stereocenters. The Labute approximate surface area is 165 Å². The molecule has 0 radical (unpaired) electrons. The topological polar surface area (TPSA) is 74.8 Å². The van der Waals surface area contributed by atoms with Crippen molar-refractivity contribution in [2.24, 2.45) is 5.92 Å². The molecule has 0 spiro atoms. The third kappa shape index (κ3) is 7.15. The smallest absolute Gasteiger partial charge is 0.275 e. The van der Waals surface area contributed by atoms with Crippen molar-refractivity contribution in [1.82, 2.24) is 10.6 Å². The molecule has 1 aromatic carbocycles. The summed E-state index contributed by atoms with van der Waals surface area (Å²) in [6.07, 6.45) is 1.07. The summed E-state index contributed by atoms with van der Waals surface area (Å²) in [6, 6.07) is 12.9. The highest BCUT2D eigenvalue weighted by atomic mass is 32.1. The minimum absolute atomic E-state index is 0.0219. The summed E-state index contributed by atoms with van der Waals surface area (Å²) in [5.41, 5.74) is 2.51. The highest BCUT2D eigenvalue weighted by Crippen LogP contribution is 2.23. The second kappa shape index (κ2) is 10.8. The van der Waals surface area contributed by atoms with Crippen molar-refractivity contribution in [2.75, 3.05) is 19.6 Å². The van der Waals surface area contributed by atoms with E-state index < -0.39 is 0 Å². The summed E-state index contributed by atoms with van der Waals surface area (Å²) in [5.74, 6) is 0.324. The van der Waals surface area contributed by atoms with E-state index in [0.717, 1.165) is 6.42 Å². The fourth-order valence-electron chi connectivity index (χ4n) is 2.95. The predicted octanol–water partition coefficient (Wildman–Crippen LogP) is 1.85. The summed E-state index contributed by atoms with van der Waals surface area (Å²) in [5, 5.41) is 9.42. The highest BCUT2D eigenvalue weighted by molar-refractivity contribution is 7.10. The van der Waals surface area contributed by atoms with Crippen LogP contribution in [-0.4, -0.2) is 31.4 Å². The first-order chi connectivity index (χ1) is 13.0. The van der Waals surface area contributed by atoms with Gasteiger partial charge in [-0.25, -0.2) is 0 Å². The molecular formula is C21H30N3O2S+. The second-order valence-corrected chi connectivity index (χ2v) is 7.98. The number of thiophene rings is 1. The van der Waals surface area contributed by atoms with Crippen molar-refractivity contribution >= 4 is 23.2 Å². The van der Waals surface area contributed by atoms with E-state index in [1.165, 1.54) is 16.0 Å². The third-order valence-corrected chi connectivity index (χ3v) is 5.15. The van der Waals surface area contributed by atoms with E-state index >= 15 is 0 Å². The van der Waals surface area contributed by atoms with E-state index in [2.05, 4.69) is 60.2 Å². The summed E-state index contributed by atoms with van der Waals surface area (Å²) < 4.78 is 0. The second-order valence-electron chi connectivity index (χ2n) is 7.00. The quantitative estimate of drug-likeness (QED) is 0.581. The molecule has 2 rings (SSSR count). The van der Waals surface area contributed by atoms with Gasteiger partial charge in [0, 0.05) is 12.1 Å². The molecule has 0 aliphatic rings. The van der Waals surface area contributed by atoms with Crippen LogP contribution in [0.5, 0.6) is 0 Å². The van der Waals surface area contributed by atoms with E-state index in [9.17, 15) is 9.59 Å². The number of benzene rings is 1. The number of carbonyl (C=O) groups is 2. The van der Waals surface area contributed by atoms with Crippen LogP contribution in [0.3, 0.4) is 0 Å². The highest BCUT2D eigenvalue weighted by Gasteiger charge is 2.20. The van der Waals surface area contributed by atoms with Gasteiger partial charge in [0.15, 0.2) is 6.54 Å². The van der Waals surface area contributed by atoms with E-state index in [1.54, 1.807) is 11.3 Å². The first kappa shape index (κ1) is 21.1. The Hall–Kier alpha value is -2.18. The van der Waals surface area contributed by atoms with Crippen LogP contribution in [0, 0.1) is 5.92 Å². The van der Waals surface area contributed by atoms with Crippen LogP contribution in [0.25, 0.3) is 0 Å². The van der Waals surface area contributed by atoms with Gasteiger partial charge in [-0.3, -0.25) is 9.59 Å². The largest absolute Gasteiger partial charge is 0.355 e. The predicted molar refractivity (Wildman–Crippen MR) is 110 cm³/mol. The molecule has 146 valence electrons. The average Bonchev–Trinajstić information content (AvgIpc) is 3.15. The normalized spacial score (nSPS) is 12.0. The monoisotopic (exact) mass is 388 g/mol. The number of nitrogens with two attached hydrogens (primary N) is 1. The molecule has 0 bridgehead atoms. The molecular weight excluding hydrogens is 358 g/mol. The van der Waals surface area contributed by atoms with E-state index in [1.807, 2.05) is 18.3 Å². The van der Waals surface area contributed by atoms with Crippen molar-refractivity contribution in [3.8, 4) is 0 Å². The molecule has 0 aliphatic heterocycles. The maximum Gasteiger partial charge on any atom is 0.275 e. The summed E-state index contributed by atoms with van der Waals surface area (Å²) in [4.78, 5) is 24.8. The van der Waals surface area contributed by atoms with Crippen molar-refractivity contribution in [1.29, 1.82) is 0 Å². The minimum atomic E-state index is -0.165. The van der Waals surface area contributed by atoms with Gasteiger partial charge in [0.1, 0.15) is 6.04 Å². The fraction of sp³-hybridized carbons (Fsp3) is 0.429. The maximum atomic E-state index is 12.1. The van der Waals surface area contributed by atoms with Gasteiger partial charge in [-0.05, 0) is 36.3 Å². The van der Waals surface area contributed by atoms with Gasteiger partial charge < -0.3 is 16.0 Å². The number of nitrogens with one attached hydrogen (secondary N) is 2. The molecule has 0 fully saturated rings. The van der Waals surface area contributed by atoms with Gasteiger partial charge in [-0.1, -0.05) is 44.2 Å². The first-order valence-electron chi connectivity index (χ1n) is 9.48. The summed E-state index contributed by atoms with van der Waals surface area (Å²) >= 11 is 1.69. The number of likely N-dealkylation sites (N-methyl/N-ethyl adjacent to an activating group) is 1. The average molecular weight is 389 g/mol. The molecule has 2 amide bonds. The van der Waals surface area contributed by atoms with Gasteiger partial charge in [0.05, 0.1) is 11.4 Å². The molecule has 1 aromatic heterocycles. The number of carbonyl (C=O) groups excluding carboxylic acids is 2. The first-order valence-corrected chi connectivity index (χ1v) is 10.4. The number of hydrogen-bond acceptors (Lipinski definition) is 3. The Morgan fingerprint density at radius 1 is 1.07 bits per heavy atom. The van der Waals surface area contributed by atoms with Crippen LogP contribution in [0.1, 0.15) is 42.8 Å². The Kier molecular flexibility index (Phi) is 8.48. The lowest BCUT2D eigenvalue weighted by Gasteiger charge is -2.15. The summed E-state index contributed by atoms with van der Waals surface area (Å²) in [6.45, 7) is 7.15. The van der Waals surface area contributed by atoms with Crippen molar-refractivity contribution in [3.05, 3.63) is 57.8 Å². The van der Waals surface area contributed by atoms with Gasteiger partial charge in [-0.15, -0.1) is 11.3 Å². The molecule has 1 heterocycles. The standard InChI is InChI=1S/C21H29N3O2S/c1-4-22-19(25)13-23-20(26)14-24-21(18-6-5-11-27-18)17-9-7-16(8-10-17)12-15(2)3/h5-11,15,21,24H,4,12-14H2,1-3H3,(H,22,25)(H,23,26)/p+1/t21-/m0/s1. The Morgan fingerprint density at radius 3 is 2.41 bits per heavy atom. The van der Waals surface area contributed by atoms with E-state index in [4.69, 9.17) is 0 Å². The zero-order valence-corrected chi connectivity index (χ0v) is 17.1. The number of rotatable bonds is 10. The van der Waals surface area contributed by atoms with Crippen LogP contribution in [0.4, 0.5) is 0 Å². The Balaban J connectivity index is 1.99. The zero-order valence-electron chi connectivity index (χ0n) is 16.3. The lowest BCUT2D eigenvalue weighted by molar-refractivity contribution is -0.676. The van der Waals surface area contributed by atoms with Gasteiger partial charge in [-0.2, -0.15) is 0 Å². The molecule has 5 nitrogen and oxygen atoms in total. The minimum Gasteiger partial charge on any atom is -0.355 e. The number of hydrogen-bond donors (Lipinski definition) is 3. The summed E-state index contributed by atoms with van der Waals surface area (Å²) in [7, 11) is 0.